The molecule has 3 N–H and O–H groups in total. The van der Waals surface area contributed by atoms with Crippen LogP contribution in [0.3, 0.4) is 0 Å². The van der Waals surface area contributed by atoms with Crippen molar-refractivity contribution in [2.24, 2.45) is 5.92 Å². The van der Waals surface area contributed by atoms with E-state index < -0.39 is 12.3 Å². The Morgan fingerprint density at radius 1 is 1.21 bits per heavy atom. The molecule has 3 aromatic rings. The number of anilines is 2. The summed E-state index contributed by atoms with van der Waals surface area (Å²) in [6, 6.07) is 8.63. The summed E-state index contributed by atoms with van der Waals surface area (Å²) in [7, 11) is 0. The molecule has 1 aromatic carbocycles. The van der Waals surface area contributed by atoms with Gasteiger partial charge in [0.25, 0.3) is 5.91 Å². The van der Waals surface area contributed by atoms with Crippen LogP contribution in [0.5, 0.6) is 5.75 Å². The Labute approximate surface area is 163 Å². The molecule has 2 aromatic heterocycles. The maximum Gasteiger partial charge on any atom is 0.573 e. The van der Waals surface area contributed by atoms with Crippen LogP contribution >= 0.6 is 11.3 Å². The molecule has 0 atom stereocenters. The monoisotopic (exact) mass is 409 g/mol. The van der Waals surface area contributed by atoms with E-state index in [1.807, 2.05) is 12.1 Å². The van der Waals surface area contributed by atoms with E-state index in [4.69, 9.17) is 5.73 Å². The lowest BCUT2D eigenvalue weighted by Gasteiger charge is -2.09. The molecule has 0 aliphatic heterocycles. The molecule has 5 nitrogen and oxygen atoms in total. The molecule has 0 saturated heterocycles. The molecule has 0 fully saturated rings. The predicted molar refractivity (Wildman–Crippen MR) is 104 cm³/mol. The highest BCUT2D eigenvalue weighted by Gasteiger charge is 2.31. The van der Waals surface area contributed by atoms with Gasteiger partial charge in [-0.25, -0.2) is 4.98 Å². The van der Waals surface area contributed by atoms with Gasteiger partial charge < -0.3 is 15.8 Å². The number of fused-ring (bicyclic) bond motifs is 1. The third kappa shape index (κ3) is 4.72. The Kier molecular flexibility index (Phi) is 5.46. The van der Waals surface area contributed by atoms with Gasteiger partial charge in [-0.15, -0.1) is 24.5 Å². The van der Waals surface area contributed by atoms with Crippen molar-refractivity contribution in [3.8, 4) is 5.75 Å². The lowest BCUT2D eigenvalue weighted by molar-refractivity contribution is -0.274. The first-order valence-corrected chi connectivity index (χ1v) is 9.29. The van der Waals surface area contributed by atoms with Crippen LogP contribution < -0.4 is 15.8 Å². The summed E-state index contributed by atoms with van der Waals surface area (Å²) < 4.78 is 40.4. The number of nitrogens with zero attached hydrogens (tertiary/aromatic N) is 1. The van der Waals surface area contributed by atoms with E-state index in [1.165, 1.54) is 23.5 Å². The number of benzene rings is 1. The summed E-state index contributed by atoms with van der Waals surface area (Å²) in [6.45, 7) is 4.19. The van der Waals surface area contributed by atoms with Crippen LogP contribution in [0.2, 0.25) is 0 Å². The first kappa shape index (κ1) is 19.9. The van der Waals surface area contributed by atoms with Gasteiger partial charge in [0.15, 0.2) is 0 Å². The second-order valence-corrected chi connectivity index (χ2v) is 7.62. The van der Waals surface area contributed by atoms with E-state index in [1.54, 1.807) is 0 Å². The van der Waals surface area contributed by atoms with Crippen LogP contribution in [0, 0.1) is 5.92 Å². The molecule has 0 saturated carbocycles. The largest absolute Gasteiger partial charge is 0.573 e. The number of aromatic nitrogens is 1. The zero-order valence-electron chi connectivity index (χ0n) is 15.1. The molecule has 0 aliphatic rings. The van der Waals surface area contributed by atoms with E-state index in [9.17, 15) is 18.0 Å². The summed E-state index contributed by atoms with van der Waals surface area (Å²) in [6.07, 6.45) is -3.95. The molecule has 28 heavy (non-hydrogen) atoms. The fourth-order valence-corrected chi connectivity index (χ4v) is 3.67. The van der Waals surface area contributed by atoms with Crippen LogP contribution in [0.4, 0.5) is 24.5 Å². The molecule has 0 bridgehead atoms. The molecular formula is C19H18F3N3O2S. The molecule has 1 amide bonds. The van der Waals surface area contributed by atoms with Crippen LogP contribution in [0.25, 0.3) is 10.2 Å². The number of alkyl halides is 3. The van der Waals surface area contributed by atoms with Crippen LogP contribution in [-0.4, -0.2) is 17.3 Å². The van der Waals surface area contributed by atoms with Crippen molar-refractivity contribution >= 4 is 38.8 Å². The number of carbonyl (C=O) groups is 1. The summed E-state index contributed by atoms with van der Waals surface area (Å²) in [5.74, 6) is -0.363. The summed E-state index contributed by atoms with van der Waals surface area (Å²) in [5, 5.41) is 3.33. The molecule has 0 unspecified atom stereocenters. The smallest absolute Gasteiger partial charge is 0.406 e. The Morgan fingerprint density at radius 2 is 1.89 bits per heavy atom. The van der Waals surface area contributed by atoms with Crippen LogP contribution in [0.1, 0.15) is 29.2 Å². The van der Waals surface area contributed by atoms with Crippen molar-refractivity contribution in [3.63, 3.8) is 0 Å². The third-order valence-corrected chi connectivity index (χ3v) is 4.93. The number of thiophene rings is 1. The van der Waals surface area contributed by atoms with Gasteiger partial charge in [0.2, 0.25) is 0 Å². The van der Waals surface area contributed by atoms with Crippen molar-refractivity contribution in [1.82, 2.24) is 4.98 Å². The fourth-order valence-electron chi connectivity index (χ4n) is 2.66. The van der Waals surface area contributed by atoms with Gasteiger partial charge in [0, 0.05) is 16.8 Å². The minimum absolute atomic E-state index is 0.305. The Balaban J connectivity index is 1.78. The van der Waals surface area contributed by atoms with Gasteiger partial charge in [-0.05, 0) is 48.7 Å². The van der Waals surface area contributed by atoms with Crippen molar-refractivity contribution < 1.29 is 22.7 Å². The van der Waals surface area contributed by atoms with Gasteiger partial charge in [0.05, 0.1) is 5.69 Å². The number of nitrogens with one attached hydrogen (secondary N) is 1. The summed E-state index contributed by atoms with van der Waals surface area (Å²) >= 11 is 1.18. The highest BCUT2D eigenvalue weighted by atomic mass is 32.1. The van der Waals surface area contributed by atoms with Gasteiger partial charge in [-0.3, -0.25) is 4.79 Å². The zero-order chi connectivity index (χ0) is 20.5. The van der Waals surface area contributed by atoms with Gasteiger partial charge in [-0.2, -0.15) is 0 Å². The lowest BCUT2D eigenvalue weighted by atomic mass is 10.1. The number of amides is 1. The van der Waals surface area contributed by atoms with E-state index >= 15 is 0 Å². The molecule has 0 spiro atoms. The SMILES string of the molecule is CC(C)Cc1ccc2c(N)c(C(=O)Nc3ccc(OC(F)(F)F)cc3)sc2n1. The summed E-state index contributed by atoms with van der Waals surface area (Å²) in [4.78, 5) is 18.1. The predicted octanol–water partition coefficient (Wildman–Crippen LogP) is 5.23. The number of hydrogen-bond donors (Lipinski definition) is 2. The zero-order valence-corrected chi connectivity index (χ0v) is 15.9. The number of rotatable bonds is 5. The number of halogens is 3. The van der Waals surface area contributed by atoms with Crippen molar-refractivity contribution in [2.45, 2.75) is 26.6 Å². The van der Waals surface area contributed by atoms with Gasteiger partial charge in [0.1, 0.15) is 15.5 Å². The Bertz CT molecular complexity index is 998. The average molecular weight is 409 g/mol. The Hall–Kier alpha value is -2.81. The quantitative estimate of drug-likeness (QED) is 0.605. The number of nitrogen functional groups attached to an aromatic ring is 1. The normalized spacial score (nSPS) is 11.8. The highest BCUT2D eigenvalue weighted by Crippen LogP contribution is 2.33. The lowest BCUT2D eigenvalue weighted by Crippen LogP contribution is -2.17. The molecule has 0 radical (unpaired) electrons. The molecule has 3 rings (SSSR count). The molecule has 148 valence electrons. The van der Waals surface area contributed by atoms with Crippen molar-refractivity contribution in [1.29, 1.82) is 0 Å². The van der Waals surface area contributed by atoms with Gasteiger partial charge >= 0.3 is 6.36 Å². The fraction of sp³-hybridized carbons (Fsp3) is 0.263. The molecule has 2 heterocycles. The van der Waals surface area contributed by atoms with E-state index in [0.29, 0.717) is 32.4 Å². The number of nitrogens with two attached hydrogens (primary N) is 1. The van der Waals surface area contributed by atoms with E-state index in [-0.39, 0.29) is 5.75 Å². The molecular weight excluding hydrogens is 391 g/mol. The van der Waals surface area contributed by atoms with Crippen LogP contribution in [-0.2, 0) is 6.42 Å². The second kappa shape index (κ2) is 7.67. The molecule has 0 aliphatic carbocycles. The van der Waals surface area contributed by atoms with E-state index in [0.717, 1.165) is 24.2 Å². The summed E-state index contributed by atoms with van der Waals surface area (Å²) in [5.41, 5.74) is 7.69. The number of hydrogen-bond acceptors (Lipinski definition) is 5. The first-order valence-electron chi connectivity index (χ1n) is 8.47. The van der Waals surface area contributed by atoms with Crippen molar-refractivity contribution in [3.05, 3.63) is 47.0 Å². The van der Waals surface area contributed by atoms with Crippen molar-refractivity contribution in [2.75, 3.05) is 11.1 Å². The number of pyridine rings is 1. The topological polar surface area (TPSA) is 77.2 Å². The number of ether oxygens (including phenoxy) is 1. The number of carbonyl (C=O) groups excluding carboxylic acids is 1. The van der Waals surface area contributed by atoms with Crippen LogP contribution in [0.15, 0.2) is 36.4 Å². The second-order valence-electron chi connectivity index (χ2n) is 6.62. The average Bonchev–Trinajstić information content (AvgIpc) is 2.91. The highest BCUT2D eigenvalue weighted by molar-refractivity contribution is 7.21. The molecule has 9 heteroatoms. The van der Waals surface area contributed by atoms with Gasteiger partial charge in [-0.1, -0.05) is 13.8 Å². The minimum Gasteiger partial charge on any atom is -0.406 e. The standard InChI is InChI=1S/C19H18F3N3O2S/c1-10(2)9-12-5-8-14-15(23)16(28-18(14)25-12)17(26)24-11-3-6-13(7-4-11)27-19(20,21)22/h3-8,10H,9,23H2,1-2H3,(H,24,26). The minimum atomic E-state index is -4.77. The van der Waals surface area contributed by atoms with E-state index in [2.05, 4.69) is 28.9 Å². The maximum atomic E-state index is 12.6. The third-order valence-electron chi connectivity index (χ3n) is 3.82. The maximum absolute atomic E-state index is 12.6. The first-order chi connectivity index (χ1) is 13.1. The Morgan fingerprint density at radius 3 is 2.50 bits per heavy atom.